The molecule has 4 N–H and O–H groups in total. The van der Waals surface area contributed by atoms with Gasteiger partial charge in [-0.2, -0.15) is 4.72 Å². The standard InChI is InChI=1S/C30H31N3O4S/c31-21-25-12-7-13-27(20-25)32-30(34)29(33-38(35,36)19-18-23-8-3-1-4-9-23)26-14-16-28(17-15-26)37-22-24-10-5-2-6-11-24/h1-17,20,29,33H,18-19,21-22,31H2,(H,32,34)/t29-/m0/s1. The van der Waals surface area contributed by atoms with Gasteiger partial charge >= 0.3 is 0 Å². The van der Waals surface area contributed by atoms with Gasteiger partial charge in [0.2, 0.25) is 15.9 Å². The van der Waals surface area contributed by atoms with Gasteiger partial charge < -0.3 is 15.8 Å². The lowest BCUT2D eigenvalue weighted by molar-refractivity contribution is -0.117. The van der Waals surface area contributed by atoms with Crippen molar-refractivity contribution in [3.8, 4) is 5.75 Å². The number of nitrogens with one attached hydrogen (secondary N) is 2. The first kappa shape index (κ1) is 27.1. The van der Waals surface area contributed by atoms with Crippen LogP contribution in [-0.2, 0) is 34.4 Å². The van der Waals surface area contributed by atoms with Crippen LogP contribution in [0, 0.1) is 0 Å². The Morgan fingerprint density at radius 3 is 2.08 bits per heavy atom. The fourth-order valence-electron chi connectivity index (χ4n) is 3.90. The molecule has 0 aromatic heterocycles. The molecule has 4 aromatic rings. The van der Waals surface area contributed by atoms with E-state index in [1.54, 1.807) is 42.5 Å². The molecule has 8 heteroatoms. The second kappa shape index (κ2) is 13.0. The Balaban J connectivity index is 1.51. The fraction of sp³-hybridized carbons (Fsp3) is 0.167. The molecule has 1 amide bonds. The molecule has 0 radical (unpaired) electrons. The van der Waals surface area contributed by atoms with Crippen LogP contribution < -0.4 is 20.5 Å². The van der Waals surface area contributed by atoms with Gasteiger partial charge in [0.25, 0.3) is 0 Å². The normalized spacial score (nSPS) is 12.0. The minimum absolute atomic E-state index is 0.151. The molecule has 0 heterocycles. The van der Waals surface area contributed by atoms with Gasteiger partial charge in [0.15, 0.2) is 0 Å². The van der Waals surface area contributed by atoms with E-state index in [1.165, 1.54) is 0 Å². The molecule has 0 bridgehead atoms. The van der Waals surface area contributed by atoms with Crippen molar-refractivity contribution in [1.29, 1.82) is 0 Å². The van der Waals surface area contributed by atoms with Gasteiger partial charge in [-0.1, -0.05) is 84.9 Å². The van der Waals surface area contributed by atoms with E-state index in [-0.39, 0.29) is 5.75 Å². The van der Waals surface area contributed by atoms with Crippen molar-refractivity contribution in [1.82, 2.24) is 4.72 Å². The molecule has 0 aliphatic heterocycles. The summed E-state index contributed by atoms with van der Waals surface area (Å²) in [6.07, 6.45) is 0.329. The fourth-order valence-corrected chi connectivity index (χ4v) is 5.12. The van der Waals surface area contributed by atoms with Gasteiger partial charge in [-0.05, 0) is 52.9 Å². The summed E-state index contributed by atoms with van der Waals surface area (Å²) in [5.74, 6) is -0.0402. The SMILES string of the molecule is NCc1cccc(NC(=O)[C@@H](NS(=O)(=O)CCc2ccccc2)c2ccc(OCc3ccccc3)cc2)c1. The molecular formula is C30H31N3O4S. The van der Waals surface area contributed by atoms with Gasteiger partial charge in [0.1, 0.15) is 18.4 Å². The number of amides is 1. The number of carbonyl (C=O) groups excluding carboxylic acids is 1. The Hall–Kier alpha value is -3.98. The second-order valence-electron chi connectivity index (χ2n) is 8.84. The van der Waals surface area contributed by atoms with Crippen molar-refractivity contribution in [2.75, 3.05) is 11.1 Å². The number of hydrogen-bond acceptors (Lipinski definition) is 5. The third-order valence-corrected chi connectivity index (χ3v) is 7.29. The van der Waals surface area contributed by atoms with Crippen LogP contribution in [0.5, 0.6) is 5.75 Å². The second-order valence-corrected chi connectivity index (χ2v) is 10.7. The molecule has 0 aliphatic rings. The first-order chi connectivity index (χ1) is 18.4. The Morgan fingerprint density at radius 1 is 0.789 bits per heavy atom. The van der Waals surface area contributed by atoms with E-state index in [0.717, 1.165) is 16.7 Å². The first-order valence-electron chi connectivity index (χ1n) is 12.3. The lowest BCUT2D eigenvalue weighted by Gasteiger charge is -2.20. The van der Waals surface area contributed by atoms with Crippen molar-refractivity contribution < 1.29 is 17.9 Å². The summed E-state index contributed by atoms with van der Waals surface area (Å²) in [5, 5.41) is 2.82. The van der Waals surface area contributed by atoms with E-state index in [2.05, 4.69) is 10.0 Å². The summed E-state index contributed by atoms with van der Waals surface area (Å²) < 4.78 is 34.5. The maximum Gasteiger partial charge on any atom is 0.247 e. The van der Waals surface area contributed by atoms with Gasteiger partial charge in [0.05, 0.1) is 5.75 Å². The van der Waals surface area contributed by atoms with Crippen molar-refractivity contribution in [2.45, 2.75) is 25.6 Å². The third kappa shape index (κ3) is 8.01. The van der Waals surface area contributed by atoms with Crippen LogP contribution in [0.15, 0.2) is 109 Å². The number of rotatable bonds is 12. The summed E-state index contributed by atoms with van der Waals surface area (Å²) in [7, 11) is -3.80. The number of ether oxygens (including phenoxy) is 1. The molecule has 4 aromatic carbocycles. The van der Waals surface area contributed by atoms with Crippen LogP contribution in [0.2, 0.25) is 0 Å². The van der Waals surface area contributed by atoms with Gasteiger partial charge in [0, 0.05) is 12.2 Å². The number of aryl methyl sites for hydroxylation is 1. The number of benzene rings is 4. The van der Waals surface area contributed by atoms with Crippen molar-refractivity contribution >= 4 is 21.6 Å². The number of hydrogen-bond donors (Lipinski definition) is 3. The zero-order valence-electron chi connectivity index (χ0n) is 20.9. The Morgan fingerprint density at radius 2 is 1.42 bits per heavy atom. The average Bonchev–Trinajstić information content (AvgIpc) is 2.95. The Labute approximate surface area is 223 Å². The van der Waals surface area contributed by atoms with Gasteiger partial charge in [-0.15, -0.1) is 0 Å². The molecular weight excluding hydrogens is 498 g/mol. The molecule has 1 atom stereocenters. The van der Waals surface area contributed by atoms with E-state index < -0.39 is 22.0 Å². The van der Waals surface area contributed by atoms with E-state index in [0.29, 0.717) is 36.6 Å². The summed E-state index contributed by atoms with van der Waals surface area (Å²) in [6.45, 7) is 0.720. The highest BCUT2D eigenvalue weighted by Gasteiger charge is 2.26. The average molecular weight is 530 g/mol. The lowest BCUT2D eigenvalue weighted by atomic mass is 10.1. The monoisotopic (exact) mass is 529 g/mol. The van der Waals surface area contributed by atoms with Crippen LogP contribution in [-0.4, -0.2) is 20.1 Å². The number of sulfonamides is 1. The Bertz CT molecular complexity index is 1430. The zero-order chi connectivity index (χ0) is 26.8. The van der Waals surface area contributed by atoms with E-state index in [9.17, 15) is 13.2 Å². The van der Waals surface area contributed by atoms with Crippen LogP contribution in [0.25, 0.3) is 0 Å². The molecule has 0 saturated carbocycles. The molecule has 0 unspecified atom stereocenters. The Kier molecular flexibility index (Phi) is 9.26. The molecule has 7 nitrogen and oxygen atoms in total. The number of nitrogens with two attached hydrogens (primary N) is 1. The molecule has 0 spiro atoms. The molecule has 38 heavy (non-hydrogen) atoms. The third-order valence-electron chi connectivity index (χ3n) is 5.95. The molecule has 0 fully saturated rings. The van der Waals surface area contributed by atoms with Crippen molar-refractivity contribution in [3.05, 3.63) is 131 Å². The van der Waals surface area contributed by atoms with Crippen LogP contribution >= 0.6 is 0 Å². The van der Waals surface area contributed by atoms with E-state index >= 15 is 0 Å². The van der Waals surface area contributed by atoms with Crippen LogP contribution in [0.1, 0.15) is 28.3 Å². The molecule has 0 aliphatic carbocycles. The minimum Gasteiger partial charge on any atom is -0.489 e. The maximum atomic E-state index is 13.4. The highest BCUT2D eigenvalue weighted by atomic mass is 32.2. The lowest BCUT2D eigenvalue weighted by Crippen LogP contribution is -2.38. The summed E-state index contributed by atoms with van der Waals surface area (Å²) in [5.41, 5.74) is 9.53. The largest absolute Gasteiger partial charge is 0.489 e. The highest BCUT2D eigenvalue weighted by molar-refractivity contribution is 7.89. The zero-order valence-corrected chi connectivity index (χ0v) is 21.7. The summed E-state index contributed by atoms with van der Waals surface area (Å²) >= 11 is 0. The predicted octanol–water partition coefficient (Wildman–Crippen LogP) is 4.57. The summed E-state index contributed by atoms with van der Waals surface area (Å²) in [4.78, 5) is 13.4. The van der Waals surface area contributed by atoms with Crippen LogP contribution in [0.4, 0.5) is 5.69 Å². The highest BCUT2D eigenvalue weighted by Crippen LogP contribution is 2.22. The number of anilines is 1. The topological polar surface area (TPSA) is 111 Å². The molecule has 196 valence electrons. The number of carbonyl (C=O) groups is 1. The van der Waals surface area contributed by atoms with Gasteiger partial charge in [-0.25, -0.2) is 8.42 Å². The smallest absolute Gasteiger partial charge is 0.247 e. The maximum absolute atomic E-state index is 13.4. The van der Waals surface area contributed by atoms with Crippen molar-refractivity contribution in [3.63, 3.8) is 0 Å². The van der Waals surface area contributed by atoms with E-state index in [1.807, 2.05) is 66.7 Å². The minimum atomic E-state index is -3.80. The van der Waals surface area contributed by atoms with Gasteiger partial charge in [-0.3, -0.25) is 4.79 Å². The first-order valence-corrected chi connectivity index (χ1v) is 14.0. The van der Waals surface area contributed by atoms with E-state index in [4.69, 9.17) is 10.5 Å². The van der Waals surface area contributed by atoms with Crippen molar-refractivity contribution in [2.24, 2.45) is 5.73 Å². The van der Waals surface area contributed by atoms with Crippen LogP contribution in [0.3, 0.4) is 0 Å². The quantitative estimate of drug-likeness (QED) is 0.249. The molecule has 0 saturated heterocycles. The summed E-state index contributed by atoms with van der Waals surface area (Å²) in [6, 6.07) is 32.0. The molecule has 4 rings (SSSR count). The predicted molar refractivity (Wildman–Crippen MR) is 150 cm³/mol.